The van der Waals surface area contributed by atoms with Crippen LogP contribution in [0.5, 0.6) is 0 Å². The Bertz CT molecular complexity index is 437. The lowest BCUT2D eigenvalue weighted by Crippen LogP contribution is -2.33. The van der Waals surface area contributed by atoms with Gasteiger partial charge in [0.25, 0.3) is 6.64 Å². The number of hydrogen-bond acceptors (Lipinski definition) is 6. The Balaban J connectivity index is 2.66. The molecule has 19 heavy (non-hydrogen) atoms. The van der Waals surface area contributed by atoms with Gasteiger partial charge in [0.05, 0.1) is 12.2 Å². The smallest absolute Gasteiger partial charge is 0.289 e. The van der Waals surface area contributed by atoms with Crippen molar-refractivity contribution >= 4 is 35.8 Å². The third-order valence-electron chi connectivity index (χ3n) is 1.59. The molecule has 10 heteroatoms. The van der Waals surface area contributed by atoms with Crippen LogP contribution in [0.3, 0.4) is 0 Å². The van der Waals surface area contributed by atoms with E-state index in [0.717, 1.165) is 0 Å². The molecule has 0 unspecified atom stereocenters. The van der Waals surface area contributed by atoms with Gasteiger partial charge in [0.2, 0.25) is 0 Å². The highest BCUT2D eigenvalue weighted by Crippen LogP contribution is 2.46. The largest absolute Gasteiger partial charge is 0.311 e. The summed E-state index contributed by atoms with van der Waals surface area (Å²) in [5.74, 6) is 0. The minimum absolute atomic E-state index is 0.0604. The number of nitrogens with zero attached hydrogens (tertiary/aromatic N) is 3. The van der Waals surface area contributed by atoms with Crippen LogP contribution in [0.15, 0.2) is 12.7 Å². The van der Waals surface area contributed by atoms with Crippen LogP contribution >= 0.6 is 18.9 Å². The summed E-state index contributed by atoms with van der Waals surface area (Å²) < 4.78 is 12.8. The maximum Gasteiger partial charge on any atom is 0.289 e. The van der Waals surface area contributed by atoms with Gasteiger partial charge in [-0.05, 0) is 51.7 Å². The molecule has 7 nitrogen and oxygen atoms in total. The van der Waals surface area contributed by atoms with Crippen molar-refractivity contribution in [1.29, 1.82) is 0 Å². The molecule has 0 fully saturated rings. The maximum atomic E-state index is 5.66. The summed E-state index contributed by atoms with van der Waals surface area (Å²) in [6.45, 7) is 4.89. The van der Waals surface area contributed by atoms with Gasteiger partial charge in [-0.15, -0.1) is 10.2 Å². The first kappa shape index (κ1) is 16.5. The Labute approximate surface area is 123 Å². The van der Waals surface area contributed by atoms with E-state index in [1.165, 1.54) is 17.3 Å². The third-order valence-corrected chi connectivity index (χ3v) is 4.62. The number of nitrogens with one attached hydrogen (secondary N) is 2. The number of thiocarbonyl (C=S) groups is 1. The summed E-state index contributed by atoms with van der Waals surface area (Å²) in [4.78, 5) is 0. The minimum Gasteiger partial charge on any atom is -0.311 e. The van der Waals surface area contributed by atoms with Gasteiger partial charge in [-0.1, -0.05) is 0 Å². The molecular weight excluding hydrogens is 305 g/mol. The second-order valence-electron chi connectivity index (χ2n) is 4.23. The summed E-state index contributed by atoms with van der Waals surface area (Å²) in [5, 5.41) is 10.5. The van der Waals surface area contributed by atoms with E-state index in [-0.39, 0.29) is 12.2 Å². The topological polar surface area (TPSA) is 73.2 Å². The molecule has 0 spiro atoms. The van der Waals surface area contributed by atoms with Crippen LogP contribution in [0.1, 0.15) is 27.7 Å². The Kier molecular flexibility index (Phi) is 6.28. The summed E-state index contributed by atoms with van der Waals surface area (Å²) >= 11 is 10.6. The molecule has 2 N–H and O–H groups in total. The number of aromatic nitrogens is 3. The number of rotatable bonds is 6. The normalized spacial score (nSPS) is 11.9. The van der Waals surface area contributed by atoms with Gasteiger partial charge in [-0.3, -0.25) is 10.5 Å². The Morgan fingerprint density at radius 2 is 1.63 bits per heavy atom. The molecule has 108 valence electrons. The summed E-state index contributed by atoms with van der Waals surface area (Å²) in [6.07, 6.45) is 2.83. The molecule has 0 atom stereocenters. The van der Waals surface area contributed by atoms with Crippen LogP contribution in [0.2, 0.25) is 0 Å². The van der Waals surface area contributed by atoms with E-state index in [1.807, 2.05) is 27.7 Å². The van der Waals surface area contributed by atoms with Gasteiger partial charge in [0, 0.05) is 0 Å². The van der Waals surface area contributed by atoms with E-state index in [0.29, 0.717) is 5.11 Å². The zero-order valence-electron chi connectivity index (χ0n) is 11.2. The first-order valence-electron chi connectivity index (χ1n) is 5.71. The van der Waals surface area contributed by atoms with Gasteiger partial charge in [-0.25, -0.2) is 4.68 Å². The van der Waals surface area contributed by atoms with Crippen LogP contribution in [0, 0.1) is 0 Å². The SMILES string of the molecule is CC(C)OP(=S)(NC(=S)Nn1cnnc1)OC(C)C. The highest BCUT2D eigenvalue weighted by Gasteiger charge is 2.23. The van der Waals surface area contributed by atoms with E-state index in [2.05, 4.69) is 20.7 Å². The zero-order valence-corrected chi connectivity index (χ0v) is 13.8. The fraction of sp³-hybridized carbons (Fsp3) is 0.667. The lowest BCUT2D eigenvalue weighted by Gasteiger charge is -2.27. The first-order chi connectivity index (χ1) is 8.81. The molecule has 0 aliphatic carbocycles. The predicted molar refractivity (Wildman–Crippen MR) is 81.8 cm³/mol. The van der Waals surface area contributed by atoms with Crippen LogP contribution in [-0.2, 0) is 20.9 Å². The molecule has 0 bridgehead atoms. The van der Waals surface area contributed by atoms with Crippen LogP contribution < -0.4 is 10.5 Å². The Morgan fingerprint density at radius 1 is 1.16 bits per heavy atom. The lowest BCUT2D eigenvalue weighted by atomic mass is 10.5. The average Bonchev–Trinajstić information content (AvgIpc) is 2.65. The van der Waals surface area contributed by atoms with Crippen molar-refractivity contribution in [1.82, 2.24) is 20.0 Å². The Morgan fingerprint density at radius 3 is 2.05 bits per heavy atom. The second-order valence-corrected chi connectivity index (χ2v) is 7.72. The minimum atomic E-state index is -2.68. The summed E-state index contributed by atoms with van der Waals surface area (Å²) in [7, 11) is 0. The van der Waals surface area contributed by atoms with Crippen molar-refractivity contribution in [3.05, 3.63) is 12.7 Å². The zero-order chi connectivity index (χ0) is 14.5. The van der Waals surface area contributed by atoms with Crippen LogP contribution in [0.25, 0.3) is 0 Å². The molecule has 0 saturated carbocycles. The molecule has 1 heterocycles. The lowest BCUT2D eigenvalue weighted by molar-refractivity contribution is 0.172. The van der Waals surface area contributed by atoms with Crippen molar-refractivity contribution in [2.24, 2.45) is 0 Å². The van der Waals surface area contributed by atoms with Gasteiger partial charge in [-0.2, -0.15) is 0 Å². The standard InChI is InChI=1S/C9H18N5O2PS2/c1-7(2)15-17(19,16-8(3)4)13-9(18)12-14-5-10-11-6-14/h5-8H,1-4H3,(H2,12,13,18,19). The number of hydrogen-bond donors (Lipinski definition) is 2. The van der Waals surface area contributed by atoms with Crippen molar-refractivity contribution in [2.75, 3.05) is 5.43 Å². The molecule has 1 rings (SSSR count). The van der Waals surface area contributed by atoms with Gasteiger partial charge in [0.15, 0.2) is 5.11 Å². The second kappa shape index (κ2) is 7.25. The van der Waals surface area contributed by atoms with E-state index >= 15 is 0 Å². The highest BCUT2D eigenvalue weighted by atomic mass is 32.5. The summed E-state index contributed by atoms with van der Waals surface area (Å²) in [5.41, 5.74) is 2.84. The fourth-order valence-electron chi connectivity index (χ4n) is 1.16. The highest BCUT2D eigenvalue weighted by molar-refractivity contribution is 8.09. The molecule has 0 aliphatic rings. The fourth-order valence-corrected chi connectivity index (χ4v) is 4.67. The van der Waals surface area contributed by atoms with Gasteiger partial charge < -0.3 is 9.05 Å². The van der Waals surface area contributed by atoms with Gasteiger partial charge in [0.1, 0.15) is 12.7 Å². The van der Waals surface area contributed by atoms with E-state index in [1.54, 1.807) is 0 Å². The monoisotopic (exact) mass is 323 g/mol. The quantitative estimate of drug-likeness (QED) is 0.606. The molecule has 0 aromatic carbocycles. The molecule has 0 radical (unpaired) electrons. The predicted octanol–water partition coefficient (Wildman–Crippen LogP) is 1.77. The molecule has 1 aromatic rings. The van der Waals surface area contributed by atoms with E-state index in [4.69, 9.17) is 33.1 Å². The molecule has 0 saturated heterocycles. The van der Waals surface area contributed by atoms with Crippen molar-refractivity contribution in [3.8, 4) is 0 Å². The molecule has 1 aromatic heterocycles. The van der Waals surface area contributed by atoms with Crippen molar-refractivity contribution in [2.45, 2.75) is 39.9 Å². The van der Waals surface area contributed by atoms with Crippen molar-refractivity contribution < 1.29 is 9.05 Å². The maximum absolute atomic E-state index is 5.66. The Hall–Kier alpha value is -0.600. The van der Waals surface area contributed by atoms with Crippen molar-refractivity contribution in [3.63, 3.8) is 0 Å². The van der Waals surface area contributed by atoms with Crippen LogP contribution in [-0.4, -0.2) is 32.2 Å². The van der Waals surface area contributed by atoms with E-state index < -0.39 is 6.64 Å². The molecule has 0 amide bonds. The molecular formula is C9H18N5O2PS2. The molecule has 0 aliphatic heterocycles. The average molecular weight is 323 g/mol. The van der Waals surface area contributed by atoms with Crippen LogP contribution in [0.4, 0.5) is 0 Å². The third kappa shape index (κ3) is 6.40. The first-order valence-corrected chi connectivity index (χ1v) is 8.76. The van der Waals surface area contributed by atoms with E-state index in [9.17, 15) is 0 Å². The van der Waals surface area contributed by atoms with Gasteiger partial charge >= 0.3 is 0 Å². The summed E-state index contributed by atoms with van der Waals surface area (Å²) in [6, 6.07) is 0.